The van der Waals surface area contributed by atoms with Gasteiger partial charge in [-0.05, 0) is 17.7 Å². The molecule has 0 radical (unpaired) electrons. The fourth-order valence-corrected chi connectivity index (χ4v) is 2.22. The van der Waals surface area contributed by atoms with Crippen molar-refractivity contribution < 1.29 is 13.5 Å². The molecule has 3 N–H and O–H groups in total. The molecule has 0 heterocycles. The number of nitrogens with one attached hydrogen (secondary N) is 2. The van der Waals surface area contributed by atoms with E-state index in [-0.39, 0.29) is 31.1 Å². The van der Waals surface area contributed by atoms with Gasteiger partial charge in [-0.2, -0.15) is 0 Å². The third-order valence-electron chi connectivity index (χ3n) is 2.33. The number of aliphatic hydroxyl groups excluding tert-OH is 1. The van der Waals surface area contributed by atoms with Crippen LogP contribution >= 0.6 is 12.4 Å². The minimum absolute atomic E-state index is 0. The van der Waals surface area contributed by atoms with Crippen molar-refractivity contribution in [1.29, 1.82) is 0 Å². The highest BCUT2D eigenvalue weighted by molar-refractivity contribution is 7.92. The zero-order valence-corrected chi connectivity index (χ0v) is 12.9. The second-order valence-corrected chi connectivity index (χ2v) is 6.30. The lowest BCUT2D eigenvalue weighted by Crippen LogP contribution is -2.30. The molecule has 7 heteroatoms. The third-order valence-corrected chi connectivity index (χ3v) is 2.94. The number of benzene rings is 1. The summed E-state index contributed by atoms with van der Waals surface area (Å²) in [5.41, 5.74) is 1.44. The summed E-state index contributed by atoms with van der Waals surface area (Å²) >= 11 is 0. The molecule has 19 heavy (non-hydrogen) atoms. The van der Waals surface area contributed by atoms with Gasteiger partial charge in [0.25, 0.3) is 0 Å². The molecule has 0 amide bonds. The summed E-state index contributed by atoms with van der Waals surface area (Å²) in [6, 6.07) is 7.07. The summed E-state index contributed by atoms with van der Waals surface area (Å²) in [4.78, 5) is 0. The highest BCUT2D eigenvalue weighted by Gasteiger charge is 2.11. The second-order valence-electron chi connectivity index (χ2n) is 4.55. The Balaban J connectivity index is 0.00000324. The molecule has 0 fully saturated rings. The summed E-state index contributed by atoms with van der Waals surface area (Å²) in [6.45, 7) is 4.00. The lowest BCUT2D eigenvalue weighted by molar-refractivity contribution is 0.237. The average molecular weight is 309 g/mol. The van der Waals surface area contributed by atoms with Crippen molar-refractivity contribution in [2.75, 3.05) is 17.6 Å². The number of anilines is 1. The van der Waals surface area contributed by atoms with E-state index in [9.17, 15) is 13.5 Å². The molecule has 0 saturated heterocycles. The molecule has 1 atom stereocenters. The van der Waals surface area contributed by atoms with Gasteiger partial charge in [-0.15, -0.1) is 12.4 Å². The maximum atomic E-state index is 11.1. The van der Waals surface area contributed by atoms with E-state index in [0.717, 1.165) is 11.8 Å². The molecule has 1 aromatic carbocycles. The molecule has 0 saturated carbocycles. The quantitative estimate of drug-likeness (QED) is 0.744. The van der Waals surface area contributed by atoms with Crippen LogP contribution in [0.1, 0.15) is 25.5 Å². The van der Waals surface area contributed by atoms with E-state index >= 15 is 0 Å². The lowest BCUT2D eigenvalue weighted by Gasteiger charge is -2.19. The van der Waals surface area contributed by atoms with Gasteiger partial charge in [-0.3, -0.25) is 4.72 Å². The van der Waals surface area contributed by atoms with Gasteiger partial charge < -0.3 is 10.4 Å². The zero-order chi connectivity index (χ0) is 13.8. The molecular weight excluding hydrogens is 288 g/mol. The standard InChI is InChI=1S/C12H20N2O3S.ClH/c1-9(2)13-12(8-15)10-4-6-11(7-5-10)14-18(3,16)17;/h4-7,9,12-15H,8H2,1-3H3;1H. The van der Waals surface area contributed by atoms with Crippen LogP contribution in [0.25, 0.3) is 0 Å². The molecule has 110 valence electrons. The smallest absolute Gasteiger partial charge is 0.229 e. The van der Waals surface area contributed by atoms with Gasteiger partial charge >= 0.3 is 0 Å². The van der Waals surface area contributed by atoms with E-state index in [1.54, 1.807) is 24.3 Å². The number of aliphatic hydroxyl groups is 1. The molecule has 5 nitrogen and oxygen atoms in total. The van der Waals surface area contributed by atoms with E-state index in [0.29, 0.717) is 5.69 Å². The zero-order valence-electron chi connectivity index (χ0n) is 11.3. The van der Waals surface area contributed by atoms with Crippen LogP contribution in [-0.4, -0.2) is 32.4 Å². The minimum Gasteiger partial charge on any atom is -0.394 e. The highest BCUT2D eigenvalue weighted by atomic mass is 35.5. The Morgan fingerprint density at radius 1 is 1.21 bits per heavy atom. The van der Waals surface area contributed by atoms with E-state index in [1.807, 2.05) is 13.8 Å². The molecule has 0 aliphatic heterocycles. The number of halogens is 1. The van der Waals surface area contributed by atoms with Gasteiger partial charge in [0.2, 0.25) is 10.0 Å². The van der Waals surface area contributed by atoms with Crippen LogP contribution < -0.4 is 10.0 Å². The lowest BCUT2D eigenvalue weighted by atomic mass is 10.1. The van der Waals surface area contributed by atoms with Gasteiger partial charge in [0.1, 0.15) is 0 Å². The van der Waals surface area contributed by atoms with Gasteiger partial charge in [0.05, 0.1) is 18.9 Å². The van der Waals surface area contributed by atoms with Gasteiger partial charge in [0, 0.05) is 11.7 Å². The summed E-state index contributed by atoms with van der Waals surface area (Å²) in [5, 5.41) is 12.5. The maximum absolute atomic E-state index is 11.1. The molecule has 0 spiro atoms. The topological polar surface area (TPSA) is 78.4 Å². The van der Waals surface area contributed by atoms with Gasteiger partial charge in [-0.25, -0.2) is 8.42 Å². The first kappa shape index (κ1) is 18.2. The molecule has 0 bridgehead atoms. The Bertz CT molecular complexity index is 474. The van der Waals surface area contributed by atoms with Crippen molar-refractivity contribution in [1.82, 2.24) is 5.32 Å². The number of rotatable bonds is 6. The molecule has 1 aromatic rings. The molecule has 0 aromatic heterocycles. The van der Waals surface area contributed by atoms with E-state index < -0.39 is 10.0 Å². The number of hydrogen-bond acceptors (Lipinski definition) is 4. The van der Waals surface area contributed by atoms with Gasteiger partial charge in [0.15, 0.2) is 0 Å². The van der Waals surface area contributed by atoms with Crippen LogP contribution in [0.15, 0.2) is 24.3 Å². The summed E-state index contributed by atoms with van der Waals surface area (Å²) < 4.78 is 24.5. The van der Waals surface area contributed by atoms with Crippen LogP contribution in [-0.2, 0) is 10.0 Å². The molecular formula is C12H21ClN2O3S. The van der Waals surface area contributed by atoms with Crippen LogP contribution in [0.2, 0.25) is 0 Å². The van der Waals surface area contributed by atoms with Crippen molar-refractivity contribution in [2.24, 2.45) is 0 Å². The first-order valence-corrected chi connectivity index (χ1v) is 7.65. The van der Waals surface area contributed by atoms with Gasteiger partial charge in [-0.1, -0.05) is 26.0 Å². The van der Waals surface area contributed by atoms with Crippen LogP contribution in [0, 0.1) is 0 Å². The van der Waals surface area contributed by atoms with Crippen molar-refractivity contribution >= 4 is 28.1 Å². The SMILES string of the molecule is CC(C)NC(CO)c1ccc(NS(C)(=O)=O)cc1.Cl. The fraction of sp³-hybridized carbons (Fsp3) is 0.500. The maximum Gasteiger partial charge on any atom is 0.229 e. The predicted molar refractivity (Wildman–Crippen MR) is 80.3 cm³/mol. The monoisotopic (exact) mass is 308 g/mol. The Labute approximate surface area is 120 Å². The molecule has 0 aliphatic carbocycles. The van der Waals surface area contributed by atoms with Crippen molar-refractivity contribution in [2.45, 2.75) is 25.9 Å². The van der Waals surface area contributed by atoms with E-state index in [1.165, 1.54) is 0 Å². The van der Waals surface area contributed by atoms with E-state index in [4.69, 9.17) is 0 Å². The molecule has 0 aliphatic rings. The van der Waals surface area contributed by atoms with Crippen molar-refractivity contribution in [3.63, 3.8) is 0 Å². The summed E-state index contributed by atoms with van der Waals surface area (Å²) in [6.07, 6.45) is 1.11. The minimum atomic E-state index is -3.25. The summed E-state index contributed by atoms with van der Waals surface area (Å²) in [5.74, 6) is 0. The molecule has 1 rings (SSSR count). The Morgan fingerprint density at radius 2 is 1.74 bits per heavy atom. The Hall–Kier alpha value is -0.820. The van der Waals surface area contributed by atoms with E-state index in [2.05, 4.69) is 10.0 Å². The highest BCUT2D eigenvalue weighted by Crippen LogP contribution is 2.17. The second kappa shape index (κ2) is 7.69. The number of hydrogen-bond donors (Lipinski definition) is 3. The largest absolute Gasteiger partial charge is 0.394 e. The number of sulfonamides is 1. The molecule has 1 unspecified atom stereocenters. The van der Waals surface area contributed by atoms with Crippen LogP contribution in [0.4, 0.5) is 5.69 Å². The predicted octanol–water partition coefficient (Wildman–Crippen LogP) is 1.51. The fourth-order valence-electron chi connectivity index (χ4n) is 1.65. The third kappa shape index (κ3) is 6.77. The first-order chi connectivity index (χ1) is 8.31. The van der Waals surface area contributed by atoms with Crippen molar-refractivity contribution in [3.05, 3.63) is 29.8 Å². The first-order valence-electron chi connectivity index (χ1n) is 5.76. The normalized spacial score (nSPS) is 12.9. The van der Waals surface area contributed by atoms with Crippen molar-refractivity contribution in [3.8, 4) is 0 Å². The van der Waals surface area contributed by atoms with Crippen LogP contribution in [0.5, 0.6) is 0 Å². The average Bonchev–Trinajstić information content (AvgIpc) is 2.24. The Morgan fingerprint density at radius 3 is 2.11 bits per heavy atom. The van der Waals surface area contributed by atoms with Crippen LogP contribution in [0.3, 0.4) is 0 Å². The Kier molecular flexibility index (Phi) is 7.36. The summed E-state index contributed by atoms with van der Waals surface area (Å²) in [7, 11) is -3.25.